The molecule has 0 aliphatic heterocycles. The second-order valence-electron chi connectivity index (χ2n) is 11.8. The second kappa shape index (κ2) is 31.3. The molecule has 0 aromatic heterocycles. The molecular weight excluding hydrogens is 764 g/mol. The number of fused-ring (bicyclic) bond motifs is 3. The van der Waals surface area contributed by atoms with Gasteiger partial charge in [0, 0.05) is 0 Å². The third-order valence-electron chi connectivity index (χ3n) is 8.83. The fourth-order valence-electron chi connectivity index (χ4n) is 7.08. The summed E-state index contributed by atoms with van der Waals surface area (Å²) in [5.41, 5.74) is 24.9. The summed E-state index contributed by atoms with van der Waals surface area (Å²) in [6.45, 7) is 41.3. The van der Waals surface area contributed by atoms with Crippen molar-refractivity contribution in [1.29, 1.82) is 0 Å². The van der Waals surface area contributed by atoms with Gasteiger partial charge in [0.15, 0.2) is 0 Å². The van der Waals surface area contributed by atoms with Crippen molar-refractivity contribution >= 4 is 37.2 Å². The summed E-state index contributed by atoms with van der Waals surface area (Å²) in [7, 11) is 0. The first kappa shape index (κ1) is 53.2. The Labute approximate surface area is 355 Å². The van der Waals surface area contributed by atoms with E-state index in [1.807, 2.05) is 69.2 Å². The fraction of sp³-hybridized carbons (Fsp3) is 0.385. The van der Waals surface area contributed by atoms with Crippen LogP contribution in [0.15, 0.2) is 156 Å². The van der Waals surface area contributed by atoms with E-state index in [1.165, 1.54) is 83.5 Å². The summed E-state index contributed by atoms with van der Waals surface area (Å²) < 4.78 is 0. The van der Waals surface area contributed by atoms with Crippen molar-refractivity contribution in [3.8, 4) is 0 Å². The molecule has 1 saturated carbocycles. The maximum atomic E-state index is 4.39. The van der Waals surface area contributed by atoms with E-state index in [-0.39, 0.29) is 0 Å². The Hall–Kier alpha value is -2.89. The van der Waals surface area contributed by atoms with Crippen LogP contribution in [0, 0.1) is 0 Å². The predicted molar refractivity (Wildman–Crippen MR) is 256 cm³/mol. The van der Waals surface area contributed by atoms with Crippen LogP contribution in [-0.2, 0) is 38.5 Å². The third-order valence-corrected chi connectivity index (χ3v) is 8.83. The Kier molecular flexibility index (Phi) is 30.9. The molecule has 3 aromatic rings. The molecule has 0 unspecified atom stereocenters. The Morgan fingerprint density at radius 1 is 0.315 bits per heavy atom. The van der Waals surface area contributed by atoms with Crippen LogP contribution in [0.3, 0.4) is 0 Å². The molecule has 0 nitrogen and oxygen atoms in total. The van der Waals surface area contributed by atoms with E-state index in [0.717, 1.165) is 88.6 Å². The van der Waals surface area contributed by atoms with E-state index in [4.69, 9.17) is 0 Å². The van der Waals surface area contributed by atoms with Gasteiger partial charge in [-0.2, -0.15) is 0 Å². The van der Waals surface area contributed by atoms with Gasteiger partial charge in [0.1, 0.15) is 0 Å². The molecule has 0 bridgehead atoms. The average Bonchev–Trinajstić information content (AvgIpc) is 3.82. The Bertz CT molecular complexity index is 1560. The maximum absolute atomic E-state index is 4.39. The molecule has 292 valence electrons. The Morgan fingerprint density at radius 3 is 0.722 bits per heavy atom. The molecule has 1 fully saturated rings. The van der Waals surface area contributed by atoms with E-state index in [0.29, 0.717) is 0 Å². The molecule has 4 aliphatic rings. The van der Waals surface area contributed by atoms with E-state index in [1.54, 1.807) is 0 Å². The van der Waals surface area contributed by atoms with Crippen molar-refractivity contribution in [2.75, 3.05) is 0 Å². The second-order valence-corrected chi connectivity index (χ2v) is 11.8. The molecule has 7 rings (SSSR count). The molecule has 54 heavy (non-hydrogen) atoms. The van der Waals surface area contributed by atoms with Crippen molar-refractivity contribution < 1.29 is 0 Å². The van der Waals surface area contributed by atoms with Crippen LogP contribution >= 0.6 is 0 Å². The first-order valence-corrected chi connectivity index (χ1v) is 29.8. The monoisotopic (exact) mass is 840 g/mol. The number of hydrogen-bond donors (Lipinski definition) is 0. The topological polar surface area (TPSA) is 0 Å². The number of rotatable bonds is 0. The van der Waals surface area contributed by atoms with Crippen molar-refractivity contribution in [2.45, 2.75) is 132 Å². The predicted octanol–water partition coefficient (Wildman–Crippen LogP) is 14.0. The molecule has 0 radical (unpaired) electrons. The minimum absolute atomic E-state index is 0.939. The van der Waals surface area contributed by atoms with Gasteiger partial charge in [-0.15, -0.1) is 0 Å². The van der Waals surface area contributed by atoms with Gasteiger partial charge in [-0.3, -0.25) is 0 Å². The Balaban J connectivity index is 0. The van der Waals surface area contributed by atoms with Crippen LogP contribution in [-0.4, -0.2) is 37.2 Å². The third kappa shape index (κ3) is 15.3. The van der Waals surface area contributed by atoms with Crippen LogP contribution in [0.1, 0.15) is 115 Å². The summed E-state index contributed by atoms with van der Waals surface area (Å²) in [6, 6.07) is 26.2. The van der Waals surface area contributed by atoms with Crippen LogP contribution in [0.2, 0.25) is 11.0 Å². The van der Waals surface area contributed by atoms with Crippen molar-refractivity contribution in [2.24, 2.45) is 0 Å². The molecule has 2 heteroatoms. The first-order valence-electron chi connectivity index (χ1n) is 21.4. The summed E-state index contributed by atoms with van der Waals surface area (Å²) in [6.07, 6.45) is 8.02. The molecule has 3 aromatic carbocycles. The zero-order valence-corrected chi connectivity index (χ0v) is 46.0. The van der Waals surface area contributed by atoms with E-state index in [9.17, 15) is 0 Å². The fourth-order valence-corrected chi connectivity index (χ4v) is 7.08. The van der Waals surface area contributed by atoms with Gasteiger partial charge in [-0.1, -0.05) is 192 Å². The number of benzene rings is 3. The van der Waals surface area contributed by atoms with Gasteiger partial charge in [0.05, 0.1) is 0 Å². The molecule has 0 spiro atoms. The van der Waals surface area contributed by atoms with E-state index >= 15 is 0 Å². The van der Waals surface area contributed by atoms with Crippen molar-refractivity contribution in [1.82, 2.24) is 0 Å². The quantitative estimate of drug-likeness (QED) is 0.120. The average molecular weight is 843 g/mol. The van der Waals surface area contributed by atoms with Crippen molar-refractivity contribution in [3.63, 3.8) is 0 Å². The molecular formula is C52H78Ga2. The number of hydrogen-bond acceptors (Lipinski definition) is 0. The molecule has 4 aliphatic carbocycles. The van der Waals surface area contributed by atoms with Crippen molar-refractivity contribution in [3.05, 3.63) is 189 Å². The van der Waals surface area contributed by atoms with Crippen LogP contribution in [0.5, 0.6) is 0 Å². The van der Waals surface area contributed by atoms with Gasteiger partial charge in [0.25, 0.3) is 0 Å². The van der Waals surface area contributed by atoms with Crippen LogP contribution in [0.25, 0.3) is 0 Å². The van der Waals surface area contributed by atoms with Gasteiger partial charge in [-0.25, -0.2) is 0 Å². The summed E-state index contributed by atoms with van der Waals surface area (Å²) in [5, 5.41) is 0. The summed E-state index contributed by atoms with van der Waals surface area (Å²) in [5.74, 6) is 0. The molecule has 0 saturated heterocycles. The van der Waals surface area contributed by atoms with Gasteiger partial charge < -0.3 is 0 Å². The van der Waals surface area contributed by atoms with E-state index < -0.39 is 0 Å². The van der Waals surface area contributed by atoms with Gasteiger partial charge in [0.2, 0.25) is 0 Å². The van der Waals surface area contributed by atoms with Gasteiger partial charge in [-0.05, 0) is 118 Å². The zero-order valence-electron chi connectivity index (χ0n) is 37.6. The zero-order chi connectivity index (χ0) is 41.8. The van der Waals surface area contributed by atoms with E-state index in [2.05, 4.69) is 117 Å². The minimum atomic E-state index is 0.939. The Morgan fingerprint density at radius 2 is 0.500 bits per heavy atom. The molecule has 0 heterocycles. The SMILES string of the molecule is C=C1CC(=C)C(=C2Cc3ccccc3C2)C(=C)C1.C=C1Cc2ccccc2CC(=C)C1=C1Cc2ccccc2C1.CC.CC.CC.CC.CC.[CH3][GaH2].[CH3][GaH2]. The normalized spacial score (nSPS) is 14.3. The van der Waals surface area contributed by atoms with Crippen LogP contribution in [0.4, 0.5) is 0 Å². The van der Waals surface area contributed by atoms with Crippen LogP contribution < -0.4 is 0 Å². The summed E-state index contributed by atoms with van der Waals surface area (Å²) >= 11 is 2.12. The van der Waals surface area contributed by atoms with Gasteiger partial charge >= 0.3 is 48.2 Å². The molecule has 0 atom stereocenters. The summed E-state index contributed by atoms with van der Waals surface area (Å²) in [4.78, 5) is 0. The first-order chi connectivity index (χ1) is 26.4. The molecule has 0 amide bonds. The standard InChI is InChI=1S/C22H20.C18H18.5C2H6.2CH3.2Ga.4H/c1-15-11-17-7-3-4-8-18(17)12-16(2)22(15)21-13-19-9-5-6-10-20(19)14-21;1-12-8-13(2)18(14(3)9-12)17-10-15-6-4-5-7-16(15)11-17;5*1-2;;;;;;;;/h3-10H,1-2,11-14H2;4-7H,1-3,8-11H2;5*1-2H3;2*1H3;;;;;;. The molecule has 0 N–H and O–H groups in total. The number of allylic oxidation sites excluding steroid dienone is 9.